The van der Waals surface area contributed by atoms with Gasteiger partial charge in [-0.25, -0.2) is 4.98 Å². The van der Waals surface area contributed by atoms with Gasteiger partial charge in [-0.1, -0.05) is 18.2 Å². The van der Waals surface area contributed by atoms with Crippen LogP contribution in [0.3, 0.4) is 0 Å². The van der Waals surface area contributed by atoms with Crippen molar-refractivity contribution < 1.29 is 18.0 Å². The van der Waals surface area contributed by atoms with E-state index in [4.69, 9.17) is 0 Å². The third kappa shape index (κ3) is 4.19. The van der Waals surface area contributed by atoms with E-state index in [0.29, 0.717) is 10.7 Å². The largest absolute Gasteiger partial charge is 0.416 e. The van der Waals surface area contributed by atoms with Crippen molar-refractivity contribution in [1.29, 1.82) is 0 Å². The Kier molecular flexibility index (Phi) is 4.76. The van der Waals surface area contributed by atoms with E-state index >= 15 is 0 Å². The molecule has 0 N–H and O–H groups in total. The van der Waals surface area contributed by atoms with Crippen LogP contribution in [0.1, 0.15) is 21.6 Å². The lowest BCUT2D eigenvalue weighted by Gasteiger charge is -2.06. The molecule has 1 aromatic carbocycles. The number of nitrogens with zero attached hydrogens (tertiary/aromatic N) is 2. The molecule has 3 aromatic rings. The van der Waals surface area contributed by atoms with Crippen LogP contribution < -0.4 is 0 Å². The number of ketones is 1. The van der Waals surface area contributed by atoms with Gasteiger partial charge in [-0.3, -0.25) is 9.78 Å². The van der Waals surface area contributed by atoms with Gasteiger partial charge in [0, 0.05) is 17.1 Å². The van der Waals surface area contributed by atoms with Gasteiger partial charge in [0.05, 0.1) is 17.0 Å². The van der Waals surface area contributed by atoms with Crippen LogP contribution >= 0.6 is 11.3 Å². The average Bonchev–Trinajstić information content (AvgIpc) is 3.09. The molecule has 25 heavy (non-hydrogen) atoms. The number of aromatic nitrogens is 2. The highest BCUT2D eigenvalue weighted by atomic mass is 32.1. The molecular formula is C18H11F3N2OS. The number of rotatable bonds is 4. The van der Waals surface area contributed by atoms with Crippen molar-refractivity contribution in [3.8, 4) is 10.7 Å². The summed E-state index contributed by atoms with van der Waals surface area (Å²) in [7, 11) is 0. The first-order chi connectivity index (χ1) is 11.9. The first kappa shape index (κ1) is 17.0. The number of benzene rings is 1. The van der Waals surface area contributed by atoms with Crippen LogP contribution in [0, 0.1) is 0 Å². The molecule has 2 heterocycles. The molecule has 3 nitrogen and oxygen atoms in total. The van der Waals surface area contributed by atoms with E-state index in [9.17, 15) is 18.0 Å². The predicted molar refractivity (Wildman–Crippen MR) is 90.2 cm³/mol. The van der Waals surface area contributed by atoms with Gasteiger partial charge in [0.2, 0.25) is 0 Å². The highest BCUT2D eigenvalue weighted by Gasteiger charge is 2.30. The number of halogens is 3. The lowest BCUT2D eigenvalue weighted by Crippen LogP contribution is -2.06. The Morgan fingerprint density at radius 2 is 1.96 bits per heavy atom. The van der Waals surface area contributed by atoms with E-state index in [-0.39, 0.29) is 5.56 Å². The smallest absolute Gasteiger partial charge is 0.289 e. The Morgan fingerprint density at radius 1 is 1.12 bits per heavy atom. The molecule has 3 rings (SSSR count). The van der Waals surface area contributed by atoms with Crippen LogP contribution in [0.25, 0.3) is 16.8 Å². The summed E-state index contributed by atoms with van der Waals surface area (Å²) in [6.07, 6.45) is -0.131. The minimum atomic E-state index is -4.48. The molecule has 0 aliphatic heterocycles. The van der Waals surface area contributed by atoms with E-state index in [0.717, 1.165) is 17.8 Å². The highest BCUT2D eigenvalue weighted by Crippen LogP contribution is 2.29. The molecule has 0 unspecified atom stereocenters. The van der Waals surface area contributed by atoms with Crippen LogP contribution in [0.5, 0.6) is 0 Å². The molecule has 0 saturated heterocycles. The van der Waals surface area contributed by atoms with Crippen molar-refractivity contribution in [1.82, 2.24) is 9.97 Å². The Labute approximate surface area is 145 Å². The first-order valence-corrected chi connectivity index (χ1v) is 8.08. The van der Waals surface area contributed by atoms with Crippen molar-refractivity contribution in [3.05, 3.63) is 76.9 Å². The summed E-state index contributed by atoms with van der Waals surface area (Å²) in [5.74, 6) is -0.515. The molecule has 7 heteroatoms. The van der Waals surface area contributed by atoms with E-state index in [1.54, 1.807) is 17.6 Å². The van der Waals surface area contributed by atoms with Crippen LogP contribution in [-0.4, -0.2) is 15.8 Å². The topological polar surface area (TPSA) is 42.9 Å². The summed E-state index contributed by atoms with van der Waals surface area (Å²) >= 11 is 1.37. The van der Waals surface area contributed by atoms with Gasteiger partial charge in [-0.2, -0.15) is 13.2 Å². The number of allylic oxidation sites excluding steroid dienone is 1. The molecule has 0 atom stereocenters. The van der Waals surface area contributed by atoms with Crippen molar-refractivity contribution in [3.63, 3.8) is 0 Å². The summed E-state index contributed by atoms with van der Waals surface area (Å²) in [6.45, 7) is 0. The molecule has 0 saturated carbocycles. The minimum Gasteiger partial charge on any atom is -0.289 e. The molecule has 0 bridgehead atoms. The van der Waals surface area contributed by atoms with E-state index in [1.165, 1.54) is 35.6 Å². The predicted octanol–water partition coefficient (Wildman–Crippen LogP) is 5.12. The molecule has 0 radical (unpaired) electrons. The van der Waals surface area contributed by atoms with Crippen LogP contribution in [0.4, 0.5) is 13.2 Å². The summed E-state index contributed by atoms with van der Waals surface area (Å²) in [5.41, 5.74) is 0.395. The number of carbonyl (C=O) groups excluding carboxylic acids is 1. The Balaban J connectivity index is 1.77. The van der Waals surface area contributed by atoms with E-state index in [1.807, 2.05) is 12.1 Å². The third-order valence-electron chi connectivity index (χ3n) is 3.29. The lowest BCUT2D eigenvalue weighted by molar-refractivity contribution is -0.137. The second-order valence-corrected chi connectivity index (χ2v) is 5.93. The van der Waals surface area contributed by atoms with Crippen LogP contribution in [0.15, 0.2) is 60.1 Å². The number of hydrogen-bond acceptors (Lipinski definition) is 4. The zero-order chi connectivity index (χ0) is 17.9. The summed E-state index contributed by atoms with van der Waals surface area (Å²) < 4.78 is 38.1. The lowest BCUT2D eigenvalue weighted by atomic mass is 10.1. The molecule has 0 amide bonds. The van der Waals surface area contributed by atoms with Gasteiger partial charge >= 0.3 is 6.18 Å². The molecule has 0 fully saturated rings. The standard InChI is InChI=1S/C18H11F3N2OS/c19-18(20,21)13-5-3-4-12(10-13)16(24)8-7-14-11-25-17(23-14)15-6-1-2-9-22-15/h1-11H. The van der Waals surface area contributed by atoms with E-state index < -0.39 is 17.5 Å². The fraction of sp³-hybridized carbons (Fsp3) is 0.0556. The monoisotopic (exact) mass is 360 g/mol. The second-order valence-electron chi connectivity index (χ2n) is 5.07. The van der Waals surface area contributed by atoms with Gasteiger partial charge < -0.3 is 0 Å². The third-order valence-corrected chi connectivity index (χ3v) is 4.17. The fourth-order valence-corrected chi connectivity index (χ4v) is 2.84. The number of thiazole rings is 1. The van der Waals surface area contributed by atoms with Gasteiger partial charge in [0.25, 0.3) is 0 Å². The maximum Gasteiger partial charge on any atom is 0.416 e. The summed E-state index contributed by atoms with van der Waals surface area (Å²) in [4.78, 5) is 20.6. The van der Waals surface area contributed by atoms with Crippen LogP contribution in [0.2, 0.25) is 0 Å². The van der Waals surface area contributed by atoms with E-state index in [2.05, 4.69) is 9.97 Å². The zero-order valence-corrected chi connectivity index (χ0v) is 13.5. The van der Waals surface area contributed by atoms with Crippen molar-refractivity contribution in [2.45, 2.75) is 6.18 Å². The van der Waals surface area contributed by atoms with Crippen molar-refractivity contribution in [2.75, 3.05) is 0 Å². The van der Waals surface area contributed by atoms with Crippen molar-refractivity contribution in [2.24, 2.45) is 0 Å². The van der Waals surface area contributed by atoms with Crippen molar-refractivity contribution >= 4 is 23.2 Å². The molecule has 0 aliphatic carbocycles. The first-order valence-electron chi connectivity index (χ1n) is 7.20. The number of pyridine rings is 1. The minimum absolute atomic E-state index is 0.0220. The normalized spacial score (nSPS) is 11.8. The maximum absolute atomic E-state index is 12.7. The summed E-state index contributed by atoms with van der Waals surface area (Å²) in [6, 6.07) is 9.80. The Hall–Kier alpha value is -2.80. The maximum atomic E-state index is 12.7. The van der Waals surface area contributed by atoms with Gasteiger partial charge in [0.15, 0.2) is 5.78 Å². The molecule has 0 spiro atoms. The fourth-order valence-electron chi connectivity index (χ4n) is 2.08. The number of alkyl halides is 3. The molecular weight excluding hydrogens is 349 g/mol. The number of hydrogen-bond donors (Lipinski definition) is 0. The molecule has 0 aliphatic rings. The van der Waals surface area contributed by atoms with Gasteiger partial charge in [-0.15, -0.1) is 11.3 Å². The quantitative estimate of drug-likeness (QED) is 0.479. The average molecular weight is 360 g/mol. The summed E-state index contributed by atoms with van der Waals surface area (Å²) in [5, 5.41) is 2.45. The van der Waals surface area contributed by atoms with Gasteiger partial charge in [0.1, 0.15) is 5.01 Å². The molecule has 2 aromatic heterocycles. The second kappa shape index (κ2) is 6.98. The zero-order valence-electron chi connectivity index (χ0n) is 12.7. The number of carbonyl (C=O) groups is 1. The molecule has 126 valence electrons. The Bertz CT molecular complexity index is 917. The highest BCUT2D eigenvalue weighted by molar-refractivity contribution is 7.13. The Morgan fingerprint density at radius 3 is 2.68 bits per heavy atom. The SMILES string of the molecule is O=C(C=Cc1csc(-c2ccccn2)n1)c1cccc(C(F)(F)F)c1. The van der Waals surface area contributed by atoms with Gasteiger partial charge in [-0.05, 0) is 36.4 Å². The van der Waals surface area contributed by atoms with Crippen LogP contribution in [-0.2, 0) is 6.18 Å².